The lowest BCUT2D eigenvalue weighted by molar-refractivity contribution is -0.384. The Morgan fingerprint density at radius 3 is 2.43 bits per heavy atom. The molecule has 0 bridgehead atoms. The van der Waals surface area contributed by atoms with E-state index in [4.69, 9.17) is 30.8 Å². The second kappa shape index (κ2) is 19.6. The number of benzene rings is 2. The molecule has 2 aromatic carbocycles. The normalized spacial score (nSPS) is 15.6. The van der Waals surface area contributed by atoms with E-state index in [1.807, 2.05) is 0 Å². The number of carbonyl (C=O) groups is 6. The van der Waals surface area contributed by atoms with Crippen LogP contribution in [-0.4, -0.2) is 80.0 Å². The molecule has 0 aliphatic carbocycles. The monoisotopic (exact) mass is 897 g/mol. The molecule has 0 spiro atoms. The molecule has 8 N–H and O–H groups in total. The Hall–Kier alpha value is -7.91. The van der Waals surface area contributed by atoms with Gasteiger partial charge in [0.2, 0.25) is 23.3 Å². The van der Waals surface area contributed by atoms with Gasteiger partial charge in [0.1, 0.15) is 25.3 Å². The zero-order valence-electron chi connectivity index (χ0n) is 35.6. The van der Waals surface area contributed by atoms with Crippen molar-refractivity contribution in [3.63, 3.8) is 0 Å². The quantitative estimate of drug-likeness (QED) is 0.0184. The van der Waals surface area contributed by atoms with Gasteiger partial charge in [-0.15, -0.1) is 0 Å². The molecule has 2 aliphatic heterocycles. The van der Waals surface area contributed by atoms with E-state index in [-0.39, 0.29) is 68.3 Å². The number of anilines is 1. The number of carboxylic acids is 1. The van der Waals surface area contributed by atoms with Crippen molar-refractivity contribution in [1.82, 2.24) is 20.2 Å². The van der Waals surface area contributed by atoms with E-state index in [2.05, 4.69) is 25.9 Å². The van der Waals surface area contributed by atoms with Crippen molar-refractivity contribution < 1.29 is 53.0 Å². The van der Waals surface area contributed by atoms with E-state index in [1.165, 1.54) is 34.9 Å². The number of ether oxygens (including phenoxy) is 3. The predicted octanol–water partition coefficient (Wildman–Crippen LogP) is 2.83. The molecule has 4 aromatic rings. The van der Waals surface area contributed by atoms with Gasteiger partial charge >= 0.3 is 18.1 Å². The molecule has 2 aliphatic rings. The number of nitrogens with one attached hydrogen (secondary N) is 3. The van der Waals surface area contributed by atoms with Gasteiger partial charge in [0.05, 0.1) is 40.4 Å². The van der Waals surface area contributed by atoms with Crippen LogP contribution in [0, 0.1) is 16.0 Å². The first-order valence-electron chi connectivity index (χ1n) is 20.6. The molecule has 65 heavy (non-hydrogen) atoms. The fourth-order valence-electron chi connectivity index (χ4n) is 7.51. The van der Waals surface area contributed by atoms with Gasteiger partial charge in [0.25, 0.3) is 11.2 Å². The number of nitrogens with two attached hydrogens (primary N) is 2. The number of nitro benzene ring substituents is 1. The second-order valence-corrected chi connectivity index (χ2v) is 15.7. The standard InChI is InChI=1S/C43H47N9O13/c1-4-43(29-18-32-36-25(19-51(32)39(58)28(29)21-63-40(43)59)16-24-17-27(52(61)62)11-12-30(24)48-36)65-42(60)64-20-23-7-9-26(10-8-23)47-37(56)31(6-5-15-46-41(44)45)49-38(57)35(22(2)3)50-33(53)13-14-34(54)55/h7-12,16-18,22,31,35H,4-6,13-15,19-21H2,1-3H3,(H,47,56)(H,49,57)(H,50,53)(H,54,55)(H4,44,45,46)/t31-,35-,43-/m0/s1. The van der Waals surface area contributed by atoms with Crippen LogP contribution in [0.3, 0.4) is 0 Å². The van der Waals surface area contributed by atoms with Gasteiger partial charge < -0.3 is 51.3 Å². The lowest BCUT2D eigenvalue weighted by Gasteiger charge is -2.35. The average Bonchev–Trinajstić information content (AvgIpc) is 3.62. The maximum absolute atomic E-state index is 13.9. The number of hydrogen-bond donors (Lipinski definition) is 6. The van der Waals surface area contributed by atoms with Gasteiger partial charge in [-0.1, -0.05) is 32.9 Å². The van der Waals surface area contributed by atoms with Crippen LogP contribution in [0.2, 0.25) is 0 Å². The van der Waals surface area contributed by atoms with Crippen molar-refractivity contribution >= 4 is 64.1 Å². The highest BCUT2D eigenvalue weighted by molar-refractivity contribution is 5.98. The fraction of sp³-hybridized carbons (Fsp3) is 0.372. The van der Waals surface area contributed by atoms with Crippen molar-refractivity contribution in [3.8, 4) is 11.4 Å². The van der Waals surface area contributed by atoms with E-state index in [0.29, 0.717) is 45.5 Å². The number of carboxylic acid groups (broad SMARTS) is 1. The Bertz CT molecular complexity index is 2660. The smallest absolute Gasteiger partial charge is 0.481 e. The molecular formula is C43H47N9O13. The summed E-state index contributed by atoms with van der Waals surface area (Å²) in [5, 5.41) is 28.7. The van der Waals surface area contributed by atoms with Gasteiger partial charge in [-0.05, 0) is 61.1 Å². The van der Waals surface area contributed by atoms with E-state index < -0.39 is 76.3 Å². The molecule has 3 amide bonds. The van der Waals surface area contributed by atoms with Crippen LogP contribution in [-0.2, 0) is 63.5 Å². The summed E-state index contributed by atoms with van der Waals surface area (Å²) < 4.78 is 18.0. The molecule has 6 rings (SSSR count). The number of cyclic esters (lactones) is 1. The Morgan fingerprint density at radius 2 is 1.77 bits per heavy atom. The number of carbonyl (C=O) groups excluding carboxylic acids is 5. The number of amides is 3. The van der Waals surface area contributed by atoms with Gasteiger partial charge in [0.15, 0.2) is 5.96 Å². The molecule has 0 saturated carbocycles. The van der Waals surface area contributed by atoms with Gasteiger partial charge in [-0.25, -0.2) is 14.6 Å². The van der Waals surface area contributed by atoms with Gasteiger partial charge in [-0.3, -0.25) is 39.1 Å². The molecule has 3 atom stereocenters. The number of hydrogen-bond acceptors (Lipinski definition) is 14. The van der Waals surface area contributed by atoms with Crippen LogP contribution in [0.5, 0.6) is 0 Å². The highest BCUT2D eigenvalue weighted by atomic mass is 16.7. The van der Waals surface area contributed by atoms with Crippen molar-refractivity contribution in [2.75, 3.05) is 11.9 Å². The molecule has 0 unspecified atom stereocenters. The third-order valence-corrected chi connectivity index (χ3v) is 10.9. The van der Waals surface area contributed by atoms with Crippen LogP contribution < -0.4 is 33.0 Å². The Labute approximate surface area is 369 Å². The predicted molar refractivity (Wildman–Crippen MR) is 231 cm³/mol. The average molecular weight is 898 g/mol. The summed E-state index contributed by atoms with van der Waals surface area (Å²) in [6.45, 7) is 4.51. The number of guanidine groups is 1. The van der Waals surface area contributed by atoms with Crippen LogP contribution >= 0.6 is 0 Å². The minimum absolute atomic E-state index is 0.101. The minimum Gasteiger partial charge on any atom is -0.481 e. The number of aromatic nitrogens is 2. The summed E-state index contributed by atoms with van der Waals surface area (Å²) in [6, 6.07) is 11.5. The molecular weight excluding hydrogens is 851 g/mol. The molecule has 342 valence electrons. The lowest BCUT2D eigenvalue weighted by Crippen LogP contribution is -2.54. The van der Waals surface area contributed by atoms with Gasteiger partial charge in [-0.2, -0.15) is 0 Å². The number of esters is 1. The third kappa shape index (κ3) is 10.5. The first kappa shape index (κ1) is 46.6. The largest absolute Gasteiger partial charge is 0.510 e. The number of non-ortho nitro benzene ring substituents is 1. The van der Waals surface area contributed by atoms with E-state index in [0.717, 1.165) is 0 Å². The number of pyridine rings is 2. The van der Waals surface area contributed by atoms with Crippen LogP contribution in [0.25, 0.3) is 22.3 Å². The fourth-order valence-corrected chi connectivity index (χ4v) is 7.51. The molecule has 22 heteroatoms. The van der Waals surface area contributed by atoms with Crippen molar-refractivity contribution in [1.29, 1.82) is 0 Å². The molecule has 0 saturated heterocycles. The van der Waals surface area contributed by atoms with Crippen molar-refractivity contribution in [3.05, 3.63) is 97.3 Å². The number of nitrogens with zero attached hydrogens (tertiary/aromatic N) is 4. The van der Waals surface area contributed by atoms with Gasteiger partial charge in [0, 0.05) is 47.3 Å². The molecule has 0 radical (unpaired) electrons. The van der Waals surface area contributed by atoms with Crippen LogP contribution in [0.15, 0.2) is 64.4 Å². The summed E-state index contributed by atoms with van der Waals surface area (Å²) in [4.78, 5) is 110. The Kier molecular flexibility index (Phi) is 14.1. The third-order valence-electron chi connectivity index (χ3n) is 10.9. The first-order chi connectivity index (χ1) is 30.9. The molecule has 22 nitrogen and oxygen atoms in total. The maximum Gasteiger partial charge on any atom is 0.510 e. The first-order valence-corrected chi connectivity index (χ1v) is 20.6. The van der Waals surface area contributed by atoms with E-state index in [9.17, 15) is 43.7 Å². The second-order valence-electron chi connectivity index (χ2n) is 15.7. The lowest BCUT2D eigenvalue weighted by atomic mass is 9.85. The van der Waals surface area contributed by atoms with Crippen LogP contribution in [0.1, 0.15) is 75.1 Å². The molecule has 4 heterocycles. The van der Waals surface area contributed by atoms with Crippen LogP contribution in [0.4, 0.5) is 16.2 Å². The number of rotatable bonds is 18. The summed E-state index contributed by atoms with van der Waals surface area (Å²) in [6.07, 6.45) is -1.73. The SMILES string of the molecule is CC[C@@]1(OC(=O)OCc2ccc(NC(=O)[C@H](CCCN=C(N)N)NC(=O)[C@@H](NC(=O)CCC(=O)O)C(C)C)cc2)C(=O)OCc2c1cc1n(c2=O)Cc2cc3cc([N+](=O)[O-])ccc3nc2-1. The highest BCUT2D eigenvalue weighted by Gasteiger charge is 2.51. The van der Waals surface area contributed by atoms with E-state index >= 15 is 0 Å². The van der Waals surface area contributed by atoms with Crippen molar-refractivity contribution in [2.45, 2.75) is 90.3 Å². The molecule has 0 fully saturated rings. The van der Waals surface area contributed by atoms with Crippen molar-refractivity contribution in [2.24, 2.45) is 22.4 Å². The maximum atomic E-state index is 13.9. The Balaban J connectivity index is 1.13. The minimum atomic E-state index is -2.05. The number of fused-ring (bicyclic) bond motifs is 5. The summed E-state index contributed by atoms with van der Waals surface area (Å²) >= 11 is 0. The summed E-state index contributed by atoms with van der Waals surface area (Å²) in [5.74, 6) is -4.56. The van der Waals surface area contributed by atoms with E-state index in [1.54, 1.807) is 45.0 Å². The Morgan fingerprint density at radius 1 is 1.03 bits per heavy atom. The summed E-state index contributed by atoms with van der Waals surface area (Å²) in [7, 11) is 0. The highest BCUT2D eigenvalue weighted by Crippen LogP contribution is 2.41. The number of aliphatic imine (C=N–C) groups is 1. The summed E-state index contributed by atoms with van der Waals surface area (Å²) in [5.41, 5.74) is 11.0. The zero-order valence-corrected chi connectivity index (χ0v) is 35.6. The zero-order chi connectivity index (χ0) is 47.2. The topological polar surface area (TPSA) is 329 Å². The molecule has 2 aromatic heterocycles. The number of aliphatic carboxylic acids is 1. The number of nitro groups is 1.